The van der Waals surface area contributed by atoms with Gasteiger partial charge in [-0.25, -0.2) is 9.59 Å². The van der Waals surface area contributed by atoms with E-state index < -0.39 is 11.9 Å². The molecule has 0 aliphatic carbocycles. The van der Waals surface area contributed by atoms with E-state index in [0.29, 0.717) is 4.60 Å². The summed E-state index contributed by atoms with van der Waals surface area (Å²) in [5.74, 6) is -1.33. The molecule has 0 saturated heterocycles. The van der Waals surface area contributed by atoms with Crippen LogP contribution in [0.4, 0.5) is 0 Å². The molecule has 6 nitrogen and oxygen atoms in total. The van der Waals surface area contributed by atoms with Gasteiger partial charge in [-0.15, -0.1) is 0 Å². The summed E-state index contributed by atoms with van der Waals surface area (Å²) in [4.78, 5) is 22.7. The molecule has 1 heterocycles. The van der Waals surface area contributed by atoms with E-state index in [-0.39, 0.29) is 11.3 Å². The van der Waals surface area contributed by atoms with E-state index in [4.69, 9.17) is 0 Å². The number of esters is 2. The molecule has 0 atom stereocenters. The van der Waals surface area contributed by atoms with Gasteiger partial charge >= 0.3 is 11.9 Å². The number of rotatable bonds is 2. The highest BCUT2D eigenvalue weighted by molar-refractivity contribution is 9.10. The molecular formula is C8H9BrN2O4. The van der Waals surface area contributed by atoms with Crippen molar-refractivity contribution in [1.29, 1.82) is 0 Å². The van der Waals surface area contributed by atoms with Crippen molar-refractivity contribution >= 4 is 27.9 Å². The number of carbonyl (C=O) groups is 2. The number of aromatic nitrogens is 2. The summed E-state index contributed by atoms with van der Waals surface area (Å²) in [5.41, 5.74) is -0.00873. The Labute approximate surface area is 94.3 Å². The Kier molecular flexibility index (Phi) is 3.46. The smallest absolute Gasteiger partial charge is 0.359 e. The number of aryl methyl sites for hydroxylation is 1. The van der Waals surface area contributed by atoms with Crippen LogP contribution in [0.1, 0.15) is 20.8 Å². The van der Waals surface area contributed by atoms with Crippen LogP contribution in [0.25, 0.3) is 0 Å². The molecular weight excluding hydrogens is 268 g/mol. The van der Waals surface area contributed by atoms with E-state index in [0.717, 1.165) is 0 Å². The van der Waals surface area contributed by atoms with Crippen molar-refractivity contribution in [3.05, 3.63) is 15.9 Å². The normalized spacial score (nSPS) is 9.87. The lowest BCUT2D eigenvalue weighted by molar-refractivity contribution is 0.0551. The Morgan fingerprint density at radius 1 is 1.27 bits per heavy atom. The lowest BCUT2D eigenvalue weighted by Gasteiger charge is -1.99. The molecule has 0 fully saturated rings. The first kappa shape index (κ1) is 11.7. The molecule has 0 aliphatic rings. The van der Waals surface area contributed by atoms with Crippen LogP contribution in [0.3, 0.4) is 0 Å². The minimum absolute atomic E-state index is 0.0619. The lowest BCUT2D eigenvalue weighted by Crippen LogP contribution is -2.10. The lowest BCUT2D eigenvalue weighted by atomic mass is 10.2. The summed E-state index contributed by atoms with van der Waals surface area (Å²) in [6, 6.07) is 0. The summed E-state index contributed by atoms with van der Waals surface area (Å²) >= 11 is 3.13. The number of hydrogen-bond acceptors (Lipinski definition) is 5. The Morgan fingerprint density at radius 2 is 1.80 bits per heavy atom. The van der Waals surface area contributed by atoms with Gasteiger partial charge in [-0.1, -0.05) is 0 Å². The van der Waals surface area contributed by atoms with Crippen LogP contribution in [0.2, 0.25) is 0 Å². The molecule has 15 heavy (non-hydrogen) atoms. The molecule has 0 N–H and O–H groups in total. The zero-order valence-corrected chi connectivity index (χ0v) is 9.99. The minimum Gasteiger partial charge on any atom is -0.465 e. The van der Waals surface area contributed by atoms with Crippen molar-refractivity contribution in [1.82, 2.24) is 9.78 Å². The molecule has 1 aromatic heterocycles. The number of hydrogen-bond donors (Lipinski definition) is 0. The number of nitrogens with zero attached hydrogens (tertiary/aromatic N) is 2. The molecule has 0 saturated carbocycles. The highest BCUT2D eigenvalue weighted by Gasteiger charge is 2.27. The maximum absolute atomic E-state index is 11.4. The fraction of sp³-hybridized carbons (Fsp3) is 0.375. The van der Waals surface area contributed by atoms with Crippen molar-refractivity contribution in [2.24, 2.45) is 7.05 Å². The van der Waals surface area contributed by atoms with Crippen LogP contribution in [-0.4, -0.2) is 35.9 Å². The fourth-order valence-electron chi connectivity index (χ4n) is 1.03. The third-order valence-corrected chi connectivity index (χ3v) is 2.66. The standard InChI is InChI=1S/C8H9BrN2O4/c1-11-6(9)4(7(12)14-2)5(10-11)8(13)15-3/h1-3H3. The third kappa shape index (κ3) is 2.01. The summed E-state index contributed by atoms with van der Waals surface area (Å²) in [5, 5.41) is 3.84. The molecule has 7 heteroatoms. The van der Waals surface area contributed by atoms with Gasteiger partial charge in [0.15, 0.2) is 5.69 Å². The zero-order chi connectivity index (χ0) is 11.6. The fourth-order valence-corrected chi connectivity index (χ4v) is 1.45. The van der Waals surface area contributed by atoms with E-state index in [1.165, 1.54) is 18.9 Å². The van der Waals surface area contributed by atoms with Crippen molar-refractivity contribution in [3.63, 3.8) is 0 Å². The molecule has 0 spiro atoms. The third-order valence-electron chi connectivity index (χ3n) is 1.75. The maximum Gasteiger partial charge on any atom is 0.359 e. The minimum atomic E-state index is -0.684. The Hall–Kier alpha value is -1.37. The summed E-state index contributed by atoms with van der Waals surface area (Å²) in [6.45, 7) is 0. The molecule has 0 radical (unpaired) electrons. The van der Waals surface area contributed by atoms with Gasteiger partial charge in [0.1, 0.15) is 10.2 Å². The van der Waals surface area contributed by atoms with Crippen LogP contribution in [-0.2, 0) is 16.5 Å². The van der Waals surface area contributed by atoms with Crippen molar-refractivity contribution in [3.8, 4) is 0 Å². The monoisotopic (exact) mass is 276 g/mol. The topological polar surface area (TPSA) is 70.4 Å². The molecule has 82 valence electrons. The highest BCUT2D eigenvalue weighted by atomic mass is 79.9. The van der Waals surface area contributed by atoms with Crippen molar-refractivity contribution < 1.29 is 19.1 Å². The second-order valence-electron chi connectivity index (χ2n) is 2.62. The molecule has 0 unspecified atom stereocenters. The van der Waals surface area contributed by atoms with E-state index in [9.17, 15) is 9.59 Å². The number of halogens is 1. The molecule has 0 bridgehead atoms. The van der Waals surface area contributed by atoms with Crippen LogP contribution in [0.15, 0.2) is 4.60 Å². The van der Waals surface area contributed by atoms with Gasteiger partial charge < -0.3 is 9.47 Å². The van der Waals surface area contributed by atoms with Gasteiger partial charge in [-0.2, -0.15) is 5.10 Å². The second kappa shape index (κ2) is 4.43. The van der Waals surface area contributed by atoms with E-state index in [1.807, 2.05) is 0 Å². The first-order valence-electron chi connectivity index (χ1n) is 3.92. The first-order valence-corrected chi connectivity index (χ1v) is 4.71. The Bertz CT molecular complexity index is 413. The van der Waals surface area contributed by atoms with Crippen molar-refractivity contribution in [2.45, 2.75) is 0 Å². The SMILES string of the molecule is COC(=O)c1nn(C)c(Br)c1C(=O)OC. The predicted molar refractivity (Wildman–Crippen MR) is 53.6 cm³/mol. The summed E-state index contributed by atoms with van der Waals surface area (Å²) in [6.07, 6.45) is 0. The quantitative estimate of drug-likeness (QED) is 0.746. The van der Waals surface area contributed by atoms with Crippen molar-refractivity contribution in [2.75, 3.05) is 14.2 Å². The molecule has 1 aromatic rings. The molecule has 0 amide bonds. The van der Waals surface area contributed by atoms with Gasteiger partial charge in [0.25, 0.3) is 0 Å². The second-order valence-corrected chi connectivity index (χ2v) is 3.37. The zero-order valence-electron chi connectivity index (χ0n) is 8.41. The van der Waals surface area contributed by atoms with Crippen LogP contribution >= 0.6 is 15.9 Å². The molecule has 0 aromatic carbocycles. The predicted octanol–water partition coefficient (Wildman–Crippen LogP) is 0.756. The number of methoxy groups -OCH3 is 2. The van der Waals surface area contributed by atoms with E-state index in [2.05, 4.69) is 30.5 Å². The Morgan fingerprint density at radius 3 is 2.27 bits per heavy atom. The maximum atomic E-state index is 11.4. The van der Waals surface area contributed by atoms with Gasteiger partial charge in [-0.05, 0) is 15.9 Å². The number of carbonyl (C=O) groups excluding carboxylic acids is 2. The average molecular weight is 277 g/mol. The van der Waals surface area contributed by atoms with E-state index in [1.54, 1.807) is 7.05 Å². The summed E-state index contributed by atoms with van der Waals surface area (Å²) < 4.78 is 10.7. The van der Waals surface area contributed by atoms with Gasteiger partial charge in [0.05, 0.1) is 14.2 Å². The summed E-state index contributed by atoms with van der Waals surface area (Å²) in [7, 11) is 4.03. The average Bonchev–Trinajstić information content (AvgIpc) is 2.53. The Balaban J connectivity index is 3.33. The molecule has 0 aliphatic heterocycles. The van der Waals surface area contributed by atoms with Gasteiger partial charge in [-0.3, -0.25) is 4.68 Å². The van der Waals surface area contributed by atoms with Crippen LogP contribution in [0, 0.1) is 0 Å². The number of ether oxygens (including phenoxy) is 2. The van der Waals surface area contributed by atoms with Gasteiger partial charge in [0, 0.05) is 7.05 Å². The van der Waals surface area contributed by atoms with Gasteiger partial charge in [0.2, 0.25) is 0 Å². The van der Waals surface area contributed by atoms with Crippen LogP contribution < -0.4 is 0 Å². The van der Waals surface area contributed by atoms with Crippen LogP contribution in [0.5, 0.6) is 0 Å². The highest BCUT2D eigenvalue weighted by Crippen LogP contribution is 2.21. The first-order chi connectivity index (χ1) is 7.02. The largest absolute Gasteiger partial charge is 0.465 e. The van der Waals surface area contributed by atoms with E-state index >= 15 is 0 Å². The molecule has 1 rings (SSSR count).